The molecule has 1 aromatic heterocycles. The molecule has 3 rings (SSSR count). The Morgan fingerprint density at radius 3 is 2.78 bits per heavy atom. The Morgan fingerprint density at radius 2 is 2.07 bits per heavy atom. The number of anilines is 1. The minimum absolute atomic E-state index is 0.158. The number of pyridine rings is 1. The first-order chi connectivity index (χ1) is 13.3. The summed E-state index contributed by atoms with van der Waals surface area (Å²) in [5, 5.41) is 19.1. The number of ether oxygens (including phenoxy) is 1. The Kier molecular flexibility index (Phi) is 6.64. The Balaban J connectivity index is 1.71. The van der Waals surface area contributed by atoms with Crippen LogP contribution in [-0.4, -0.2) is 60.9 Å². The molecule has 0 saturated carbocycles. The quantitative estimate of drug-likeness (QED) is 0.809. The molecule has 0 aliphatic carbocycles. The summed E-state index contributed by atoms with van der Waals surface area (Å²) in [7, 11) is 1.53. The maximum absolute atomic E-state index is 9.55. The van der Waals surface area contributed by atoms with E-state index in [1.54, 1.807) is 6.20 Å². The van der Waals surface area contributed by atoms with Gasteiger partial charge < -0.3 is 14.7 Å². The third-order valence-corrected chi connectivity index (χ3v) is 5.14. The summed E-state index contributed by atoms with van der Waals surface area (Å²) in [6, 6.07) is 14.8. The van der Waals surface area contributed by atoms with Crippen LogP contribution < -0.4 is 9.64 Å². The largest absolute Gasteiger partial charge is 0.480 e. The number of benzene rings is 1. The van der Waals surface area contributed by atoms with Crippen LogP contribution in [0.2, 0.25) is 0 Å². The van der Waals surface area contributed by atoms with Gasteiger partial charge in [-0.1, -0.05) is 30.3 Å². The number of nitriles is 1. The normalized spacial score (nSPS) is 17.5. The highest BCUT2D eigenvalue weighted by Crippen LogP contribution is 2.28. The van der Waals surface area contributed by atoms with Gasteiger partial charge in [0.25, 0.3) is 0 Å². The van der Waals surface area contributed by atoms with Crippen LogP contribution in [0.3, 0.4) is 0 Å². The van der Waals surface area contributed by atoms with Crippen molar-refractivity contribution in [2.45, 2.75) is 18.9 Å². The van der Waals surface area contributed by atoms with Gasteiger partial charge in [0.2, 0.25) is 5.88 Å². The molecule has 27 heavy (non-hydrogen) atoms. The van der Waals surface area contributed by atoms with E-state index in [9.17, 15) is 10.4 Å². The fraction of sp³-hybridized carbons (Fsp3) is 0.429. The number of rotatable bonds is 7. The highest BCUT2D eigenvalue weighted by molar-refractivity contribution is 5.63. The summed E-state index contributed by atoms with van der Waals surface area (Å²) in [5.41, 5.74) is 2.66. The Hall–Kier alpha value is -2.62. The lowest BCUT2D eigenvalue weighted by Gasteiger charge is -2.42. The first-order valence-corrected chi connectivity index (χ1v) is 9.33. The van der Waals surface area contributed by atoms with Gasteiger partial charge in [0.05, 0.1) is 12.8 Å². The van der Waals surface area contributed by atoms with Gasteiger partial charge >= 0.3 is 0 Å². The molecular formula is C21H26N4O2. The van der Waals surface area contributed by atoms with Crippen LogP contribution in [0, 0.1) is 11.3 Å². The number of nitrogens with zero attached hydrogens (tertiary/aromatic N) is 4. The van der Waals surface area contributed by atoms with Crippen molar-refractivity contribution in [1.29, 1.82) is 5.26 Å². The summed E-state index contributed by atoms with van der Waals surface area (Å²) in [5.74, 6) is 0.361. The molecule has 2 heterocycles. The molecule has 1 aromatic carbocycles. The summed E-state index contributed by atoms with van der Waals surface area (Å²) in [6.45, 7) is 3.63. The molecule has 0 bridgehead atoms. The van der Waals surface area contributed by atoms with E-state index in [1.807, 2.05) is 12.1 Å². The van der Waals surface area contributed by atoms with Gasteiger partial charge in [0.15, 0.2) is 0 Å². The highest BCUT2D eigenvalue weighted by atomic mass is 16.5. The van der Waals surface area contributed by atoms with Crippen LogP contribution in [0.1, 0.15) is 17.5 Å². The summed E-state index contributed by atoms with van der Waals surface area (Å²) < 4.78 is 5.24. The zero-order valence-corrected chi connectivity index (χ0v) is 15.7. The lowest BCUT2D eigenvalue weighted by Crippen LogP contribution is -2.54. The molecule has 1 N–H and O–H groups in total. The maximum Gasteiger partial charge on any atom is 0.233 e. The summed E-state index contributed by atoms with van der Waals surface area (Å²) >= 11 is 0. The molecule has 2 aromatic rings. The van der Waals surface area contributed by atoms with Crippen LogP contribution in [0.5, 0.6) is 5.88 Å². The van der Waals surface area contributed by atoms with Crippen LogP contribution in [-0.2, 0) is 6.42 Å². The molecule has 0 amide bonds. The number of aliphatic hydroxyl groups excluding tert-OH is 1. The second kappa shape index (κ2) is 9.36. The molecule has 142 valence electrons. The third kappa shape index (κ3) is 4.57. The molecule has 1 fully saturated rings. The van der Waals surface area contributed by atoms with Gasteiger partial charge in [0, 0.05) is 45.0 Å². The Bertz CT molecular complexity index is 775. The Labute approximate surface area is 160 Å². The smallest absolute Gasteiger partial charge is 0.233 e. The molecule has 1 atom stereocenters. The average Bonchev–Trinajstić information content (AvgIpc) is 2.73. The zero-order chi connectivity index (χ0) is 19.1. The second-order valence-electron chi connectivity index (χ2n) is 6.71. The van der Waals surface area contributed by atoms with Gasteiger partial charge in [0.1, 0.15) is 11.6 Å². The fourth-order valence-electron chi connectivity index (χ4n) is 3.70. The first-order valence-electron chi connectivity index (χ1n) is 9.33. The summed E-state index contributed by atoms with van der Waals surface area (Å²) in [6.07, 6.45) is 3.39. The summed E-state index contributed by atoms with van der Waals surface area (Å²) in [4.78, 5) is 8.79. The Morgan fingerprint density at radius 1 is 1.26 bits per heavy atom. The van der Waals surface area contributed by atoms with Crippen molar-refractivity contribution in [3.05, 3.63) is 53.7 Å². The zero-order valence-electron chi connectivity index (χ0n) is 15.7. The minimum atomic E-state index is 0.158. The van der Waals surface area contributed by atoms with E-state index in [1.165, 1.54) is 12.7 Å². The predicted molar refractivity (Wildman–Crippen MR) is 105 cm³/mol. The number of aliphatic hydroxyl groups is 1. The number of hydrogen-bond acceptors (Lipinski definition) is 6. The van der Waals surface area contributed by atoms with E-state index in [4.69, 9.17) is 4.74 Å². The van der Waals surface area contributed by atoms with Gasteiger partial charge in [-0.15, -0.1) is 0 Å². The van der Waals surface area contributed by atoms with Gasteiger partial charge in [-0.05, 0) is 24.5 Å². The van der Waals surface area contributed by atoms with Crippen LogP contribution >= 0.6 is 0 Å². The number of piperazine rings is 1. The van der Waals surface area contributed by atoms with Gasteiger partial charge in [-0.25, -0.2) is 4.98 Å². The topological polar surface area (TPSA) is 72.6 Å². The number of methoxy groups -OCH3 is 1. The molecule has 6 heteroatoms. The maximum atomic E-state index is 9.55. The molecular weight excluding hydrogens is 340 g/mol. The van der Waals surface area contributed by atoms with E-state index >= 15 is 0 Å². The van der Waals surface area contributed by atoms with Crippen molar-refractivity contribution in [3.8, 4) is 11.9 Å². The monoisotopic (exact) mass is 366 g/mol. The molecule has 1 aliphatic heterocycles. The van der Waals surface area contributed by atoms with Crippen molar-refractivity contribution in [2.24, 2.45) is 0 Å². The second-order valence-corrected chi connectivity index (χ2v) is 6.71. The van der Waals surface area contributed by atoms with Crippen LogP contribution in [0.4, 0.5) is 5.69 Å². The first kappa shape index (κ1) is 19.2. The van der Waals surface area contributed by atoms with E-state index < -0.39 is 0 Å². The molecule has 1 aliphatic rings. The van der Waals surface area contributed by atoms with E-state index in [-0.39, 0.29) is 12.6 Å². The number of hydrogen-bond donors (Lipinski definition) is 1. The minimum Gasteiger partial charge on any atom is -0.480 e. The van der Waals surface area contributed by atoms with Crippen molar-refractivity contribution >= 4 is 5.69 Å². The molecule has 1 saturated heterocycles. The highest BCUT2D eigenvalue weighted by Gasteiger charge is 2.28. The van der Waals surface area contributed by atoms with Crippen LogP contribution in [0.15, 0.2) is 42.6 Å². The SMILES string of the molecule is COc1nccc(N2CCN(CCc3ccccc3)C(CCO)C2)c1C#N. The molecule has 0 spiro atoms. The standard InChI is InChI=1S/C21H26N4O2/c1-27-21-19(15-22)20(7-10-23-21)25-13-12-24(18(16-25)9-14-26)11-8-17-5-3-2-4-6-17/h2-7,10,18,26H,8-9,11-14,16H2,1H3. The molecule has 0 radical (unpaired) electrons. The lowest BCUT2D eigenvalue weighted by atomic mass is 10.1. The van der Waals surface area contributed by atoms with E-state index in [0.29, 0.717) is 11.4 Å². The van der Waals surface area contributed by atoms with Crippen molar-refractivity contribution in [1.82, 2.24) is 9.88 Å². The molecule has 6 nitrogen and oxygen atoms in total. The van der Waals surface area contributed by atoms with Gasteiger partial charge in [-0.2, -0.15) is 5.26 Å². The van der Waals surface area contributed by atoms with Crippen molar-refractivity contribution < 1.29 is 9.84 Å². The third-order valence-electron chi connectivity index (χ3n) is 5.14. The predicted octanol–water partition coefficient (Wildman–Crippen LogP) is 2.08. The van der Waals surface area contributed by atoms with Crippen LogP contribution in [0.25, 0.3) is 0 Å². The molecule has 1 unspecified atom stereocenters. The van der Waals surface area contributed by atoms with Crippen molar-refractivity contribution in [2.75, 3.05) is 44.8 Å². The average molecular weight is 366 g/mol. The number of aromatic nitrogens is 1. The van der Waals surface area contributed by atoms with E-state index in [2.05, 4.69) is 45.1 Å². The van der Waals surface area contributed by atoms with Crippen molar-refractivity contribution in [3.63, 3.8) is 0 Å². The van der Waals surface area contributed by atoms with Gasteiger partial charge in [-0.3, -0.25) is 4.90 Å². The lowest BCUT2D eigenvalue weighted by molar-refractivity contribution is 0.143. The van der Waals surface area contributed by atoms with E-state index in [0.717, 1.165) is 44.7 Å². The fourth-order valence-corrected chi connectivity index (χ4v) is 3.70.